The van der Waals surface area contributed by atoms with Gasteiger partial charge in [0.25, 0.3) is 0 Å². The molecule has 5 nitrogen and oxygen atoms in total. The Labute approximate surface area is 190 Å². The van der Waals surface area contributed by atoms with Crippen LogP contribution in [0.4, 0.5) is 13.2 Å². The largest absolute Gasteiger partial charge is 0.418 e. The number of aromatic nitrogens is 1. The third-order valence-electron chi connectivity index (χ3n) is 5.87. The van der Waals surface area contributed by atoms with Crippen LogP contribution in [0.15, 0.2) is 70.7 Å². The number of hydrogen-bond donors (Lipinski definition) is 1. The average Bonchev–Trinajstić information content (AvgIpc) is 2.75. The molecule has 1 N–H and O–H groups in total. The first-order chi connectivity index (χ1) is 15.4. The van der Waals surface area contributed by atoms with Crippen molar-refractivity contribution in [2.24, 2.45) is 5.16 Å². The Kier molecular flexibility index (Phi) is 6.70. The van der Waals surface area contributed by atoms with Crippen molar-refractivity contribution in [1.82, 2.24) is 4.57 Å². The van der Waals surface area contributed by atoms with E-state index in [4.69, 9.17) is 4.84 Å². The zero-order valence-electron chi connectivity index (χ0n) is 19.0. The Bertz CT molecular complexity index is 1230. The highest BCUT2D eigenvalue weighted by Crippen LogP contribution is 2.42. The molecule has 0 amide bonds. The molecular formula is C25H27F3N2O3. The SMILES string of the molecule is CO/N=C(\C)c1cccc(C(C)(C)CC(O)(Cn2ccc(=O)c3ccccc32)C(F)(F)F)c1. The van der Waals surface area contributed by atoms with E-state index in [2.05, 4.69) is 5.16 Å². The van der Waals surface area contributed by atoms with E-state index in [1.807, 2.05) is 0 Å². The van der Waals surface area contributed by atoms with Crippen LogP contribution in [0.1, 0.15) is 38.3 Å². The highest BCUT2D eigenvalue weighted by molar-refractivity contribution is 5.98. The summed E-state index contributed by atoms with van der Waals surface area (Å²) in [5.41, 5.74) is -2.12. The molecule has 3 aromatic rings. The van der Waals surface area contributed by atoms with E-state index < -0.39 is 30.2 Å². The van der Waals surface area contributed by atoms with Crippen molar-refractivity contribution in [3.63, 3.8) is 0 Å². The van der Waals surface area contributed by atoms with Gasteiger partial charge in [0.2, 0.25) is 0 Å². The van der Waals surface area contributed by atoms with E-state index in [1.165, 1.54) is 23.9 Å². The van der Waals surface area contributed by atoms with Crippen LogP contribution in [0, 0.1) is 0 Å². The summed E-state index contributed by atoms with van der Waals surface area (Å²) >= 11 is 0. The number of nitrogens with zero attached hydrogens (tertiary/aromatic N) is 2. The topological polar surface area (TPSA) is 63.8 Å². The summed E-state index contributed by atoms with van der Waals surface area (Å²) in [7, 11) is 1.42. The number of benzene rings is 2. The standard InChI is InChI=1S/C25H27F3N2O3/c1-17(29-33-4)18-8-7-9-19(14-18)23(2,3)15-24(32,25(26,27)28)16-30-13-12-22(31)20-10-5-6-11-21(20)30/h5-14,32H,15-16H2,1-4H3/b29-17+. The van der Waals surface area contributed by atoms with E-state index >= 15 is 0 Å². The molecule has 176 valence electrons. The van der Waals surface area contributed by atoms with Gasteiger partial charge in [0.1, 0.15) is 7.11 Å². The molecule has 1 atom stereocenters. The molecule has 0 saturated heterocycles. The van der Waals surface area contributed by atoms with Crippen molar-refractivity contribution in [2.45, 2.75) is 50.9 Å². The lowest BCUT2D eigenvalue weighted by atomic mass is 9.74. The molecule has 0 aliphatic carbocycles. The number of fused-ring (bicyclic) bond motifs is 1. The predicted molar refractivity (Wildman–Crippen MR) is 123 cm³/mol. The Morgan fingerprint density at radius 2 is 1.79 bits per heavy atom. The first-order valence-corrected chi connectivity index (χ1v) is 10.4. The normalized spacial score (nSPS) is 14.8. The number of alkyl halides is 3. The first-order valence-electron chi connectivity index (χ1n) is 10.4. The smallest absolute Gasteiger partial charge is 0.399 e. The third-order valence-corrected chi connectivity index (χ3v) is 5.87. The maximum atomic E-state index is 14.3. The highest BCUT2D eigenvalue weighted by Gasteiger charge is 2.56. The monoisotopic (exact) mass is 460 g/mol. The molecule has 2 aromatic carbocycles. The molecule has 8 heteroatoms. The van der Waals surface area contributed by atoms with Crippen LogP contribution in [0.25, 0.3) is 10.9 Å². The van der Waals surface area contributed by atoms with Gasteiger partial charge >= 0.3 is 6.18 Å². The average molecular weight is 460 g/mol. The number of para-hydroxylation sites is 1. The van der Waals surface area contributed by atoms with E-state index in [1.54, 1.807) is 69.3 Å². The first kappa shape index (κ1) is 24.5. The van der Waals surface area contributed by atoms with Crippen LogP contribution in [-0.2, 0) is 16.8 Å². The maximum Gasteiger partial charge on any atom is 0.418 e. The molecule has 1 aromatic heterocycles. The quantitative estimate of drug-likeness (QED) is 0.397. The van der Waals surface area contributed by atoms with Gasteiger partial charge in [-0.1, -0.05) is 49.3 Å². The highest BCUT2D eigenvalue weighted by atomic mass is 19.4. The lowest BCUT2D eigenvalue weighted by Crippen LogP contribution is -2.52. The third kappa shape index (κ3) is 5.11. The predicted octanol–water partition coefficient (Wildman–Crippen LogP) is 5.03. The van der Waals surface area contributed by atoms with Gasteiger partial charge in [0, 0.05) is 17.6 Å². The lowest BCUT2D eigenvalue weighted by Gasteiger charge is -2.38. The number of pyridine rings is 1. The molecule has 0 radical (unpaired) electrons. The van der Waals surface area contributed by atoms with E-state index in [0.29, 0.717) is 27.7 Å². The maximum absolute atomic E-state index is 14.3. The Balaban J connectivity index is 2.03. The summed E-state index contributed by atoms with van der Waals surface area (Å²) < 4.78 is 44.1. The van der Waals surface area contributed by atoms with Crippen molar-refractivity contribution >= 4 is 16.6 Å². The van der Waals surface area contributed by atoms with Gasteiger partial charge in [-0.15, -0.1) is 0 Å². The zero-order chi connectivity index (χ0) is 24.4. The van der Waals surface area contributed by atoms with Gasteiger partial charge in [0.05, 0.1) is 17.8 Å². The molecule has 0 spiro atoms. The number of hydrogen-bond acceptors (Lipinski definition) is 4. The van der Waals surface area contributed by atoms with Crippen molar-refractivity contribution in [3.05, 3.63) is 82.1 Å². The Morgan fingerprint density at radius 3 is 2.45 bits per heavy atom. The fraction of sp³-hybridized carbons (Fsp3) is 0.360. The fourth-order valence-electron chi connectivity index (χ4n) is 4.11. The van der Waals surface area contributed by atoms with E-state index in [0.717, 1.165) is 0 Å². The summed E-state index contributed by atoms with van der Waals surface area (Å²) in [5.74, 6) is 0. The number of oxime groups is 1. The summed E-state index contributed by atoms with van der Waals surface area (Å²) in [5, 5.41) is 15.2. The van der Waals surface area contributed by atoms with Gasteiger partial charge in [0.15, 0.2) is 11.0 Å². The second-order valence-corrected chi connectivity index (χ2v) is 8.86. The molecule has 0 aliphatic rings. The summed E-state index contributed by atoms with van der Waals surface area (Å²) in [6.07, 6.45) is -4.20. The number of halogens is 3. The second kappa shape index (κ2) is 9.02. The molecule has 1 heterocycles. The molecule has 3 rings (SSSR count). The van der Waals surface area contributed by atoms with Crippen molar-refractivity contribution in [3.8, 4) is 0 Å². The van der Waals surface area contributed by atoms with Crippen LogP contribution in [-0.4, -0.2) is 34.3 Å². The zero-order valence-corrected chi connectivity index (χ0v) is 19.0. The molecular weight excluding hydrogens is 433 g/mol. The minimum absolute atomic E-state index is 0.289. The van der Waals surface area contributed by atoms with Crippen molar-refractivity contribution in [1.29, 1.82) is 0 Å². The fourth-order valence-corrected chi connectivity index (χ4v) is 4.11. The van der Waals surface area contributed by atoms with Crippen molar-refractivity contribution < 1.29 is 23.1 Å². The van der Waals surface area contributed by atoms with Crippen LogP contribution in [0.3, 0.4) is 0 Å². The molecule has 0 aliphatic heterocycles. The molecule has 0 fully saturated rings. The summed E-state index contributed by atoms with van der Waals surface area (Å²) in [6, 6.07) is 14.6. The van der Waals surface area contributed by atoms with Gasteiger partial charge in [-0.05, 0) is 48.1 Å². The van der Waals surface area contributed by atoms with E-state index in [9.17, 15) is 23.1 Å². The van der Waals surface area contributed by atoms with Gasteiger partial charge in [-0.25, -0.2) is 0 Å². The van der Waals surface area contributed by atoms with Crippen LogP contribution >= 0.6 is 0 Å². The van der Waals surface area contributed by atoms with Gasteiger partial charge < -0.3 is 14.5 Å². The molecule has 0 saturated carbocycles. The van der Waals surface area contributed by atoms with E-state index in [-0.39, 0.29) is 5.43 Å². The van der Waals surface area contributed by atoms with Gasteiger partial charge in [-0.3, -0.25) is 4.79 Å². The summed E-state index contributed by atoms with van der Waals surface area (Å²) in [6.45, 7) is 4.32. The Hall–Kier alpha value is -3.13. The molecule has 1 unspecified atom stereocenters. The van der Waals surface area contributed by atoms with Gasteiger partial charge in [-0.2, -0.15) is 13.2 Å². The lowest BCUT2D eigenvalue weighted by molar-refractivity contribution is -0.271. The number of rotatable bonds is 7. The van der Waals surface area contributed by atoms with Crippen LogP contribution in [0.2, 0.25) is 0 Å². The summed E-state index contributed by atoms with van der Waals surface area (Å²) in [4.78, 5) is 16.9. The van der Waals surface area contributed by atoms with Crippen LogP contribution in [0.5, 0.6) is 0 Å². The minimum Gasteiger partial charge on any atom is -0.399 e. The molecule has 33 heavy (non-hydrogen) atoms. The Morgan fingerprint density at radius 1 is 1.09 bits per heavy atom. The second-order valence-electron chi connectivity index (χ2n) is 8.86. The van der Waals surface area contributed by atoms with Crippen LogP contribution < -0.4 is 5.43 Å². The minimum atomic E-state index is -4.90. The van der Waals surface area contributed by atoms with Crippen molar-refractivity contribution in [2.75, 3.05) is 7.11 Å². The molecule has 0 bridgehead atoms. The number of aliphatic hydroxyl groups is 1.